The van der Waals surface area contributed by atoms with E-state index < -0.39 is 0 Å². The summed E-state index contributed by atoms with van der Waals surface area (Å²) in [6.07, 6.45) is 20.8. The molecule has 4 aliphatic carbocycles. The molecule has 3 unspecified atom stereocenters. The molecule has 1 heteroatoms. The Labute approximate surface area is 161 Å². The number of unbranched alkanes of at least 4 members (excludes halogenated alkanes) is 1. The molecule has 0 bridgehead atoms. The van der Waals surface area contributed by atoms with Gasteiger partial charge in [-0.15, -0.1) is 0 Å². The van der Waals surface area contributed by atoms with Gasteiger partial charge in [0.25, 0.3) is 0 Å². The predicted octanol–water partition coefficient (Wildman–Crippen LogP) is 6.42. The van der Waals surface area contributed by atoms with Crippen LogP contribution in [0.25, 0.3) is 0 Å². The van der Waals surface area contributed by atoms with Gasteiger partial charge < -0.3 is 5.73 Å². The normalized spacial score (nSPS) is 45.2. The van der Waals surface area contributed by atoms with E-state index in [2.05, 4.69) is 38.7 Å². The van der Waals surface area contributed by atoms with Gasteiger partial charge in [-0.05, 0) is 105 Å². The van der Waals surface area contributed by atoms with Crippen molar-refractivity contribution in [1.29, 1.82) is 0 Å². The molecule has 0 amide bonds. The highest BCUT2D eigenvalue weighted by atomic mass is 14.6. The van der Waals surface area contributed by atoms with Crippen molar-refractivity contribution in [1.82, 2.24) is 0 Å². The second-order valence-corrected chi connectivity index (χ2v) is 10.2. The van der Waals surface area contributed by atoms with Crippen LogP contribution in [0.2, 0.25) is 0 Å². The summed E-state index contributed by atoms with van der Waals surface area (Å²) in [7, 11) is 0. The molecule has 0 radical (unpaired) electrons. The van der Waals surface area contributed by atoms with E-state index in [4.69, 9.17) is 5.73 Å². The van der Waals surface area contributed by atoms with Crippen molar-refractivity contribution in [3.8, 4) is 0 Å². The third-order valence-corrected chi connectivity index (χ3v) is 9.06. The van der Waals surface area contributed by atoms with Gasteiger partial charge in [0.05, 0.1) is 0 Å². The van der Waals surface area contributed by atoms with Crippen LogP contribution in [0.3, 0.4) is 0 Å². The van der Waals surface area contributed by atoms with Gasteiger partial charge in [0.15, 0.2) is 0 Å². The zero-order valence-electron chi connectivity index (χ0n) is 17.1. The molecule has 0 aromatic rings. The number of fused-ring (bicyclic) bond motifs is 5. The van der Waals surface area contributed by atoms with Gasteiger partial charge in [-0.1, -0.05) is 49.8 Å². The average Bonchev–Trinajstić information content (AvgIpc) is 2.94. The fourth-order valence-corrected chi connectivity index (χ4v) is 7.32. The molecule has 1 nitrogen and oxygen atoms in total. The van der Waals surface area contributed by atoms with Crippen LogP contribution in [0.4, 0.5) is 0 Å². The van der Waals surface area contributed by atoms with Crippen molar-refractivity contribution in [3.63, 3.8) is 0 Å². The first-order valence-electron chi connectivity index (χ1n) is 11.2. The Morgan fingerprint density at radius 3 is 2.65 bits per heavy atom. The highest BCUT2D eigenvalue weighted by molar-refractivity contribution is 5.28. The monoisotopic (exact) mass is 353 g/mol. The Morgan fingerprint density at radius 2 is 1.85 bits per heavy atom. The van der Waals surface area contributed by atoms with E-state index in [0.717, 1.165) is 37.1 Å². The summed E-state index contributed by atoms with van der Waals surface area (Å²) in [5.41, 5.74) is 9.93. The Bertz CT molecular complexity index is 614. The molecule has 0 aliphatic heterocycles. The maximum absolute atomic E-state index is 5.62. The molecule has 0 heterocycles. The smallest absolute Gasteiger partial charge is 0.00503 e. The largest absolute Gasteiger partial charge is 0.330 e. The number of rotatable bonds is 4. The first-order chi connectivity index (χ1) is 12.5. The molecule has 6 atom stereocenters. The first-order valence-corrected chi connectivity index (χ1v) is 11.2. The second kappa shape index (κ2) is 6.97. The van der Waals surface area contributed by atoms with E-state index in [0.29, 0.717) is 16.7 Å². The molecule has 4 rings (SSSR count). The summed E-state index contributed by atoms with van der Waals surface area (Å²) in [5.74, 6) is 3.47. The van der Waals surface area contributed by atoms with E-state index in [1.165, 1.54) is 51.4 Å². The Hall–Kier alpha value is -0.820. The number of hydrogen-bond acceptors (Lipinski definition) is 1. The van der Waals surface area contributed by atoms with Crippen LogP contribution < -0.4 is 5.73 Å². The zero-order chi connectivity index (χ0) is 18.4. The number of allylic oxidation sites excluding steroid dienone is 5. The molecule has 3 saturated carbocycles. The van der Waals surface area contributed by atoms with Gasteiger partial charge in [-0.3, -0.25) is 0 Å². The standard InChI is InChI=1S/C25H39N/c1-18-8-11-22-21-10-9-20-17-19(7-5-4-6-16-26)12-14-25(20,3)23(21)13-15-24(18,22)2/h5,7,17,19,21-23H,1,4,6,8-16,26H2,2-3H3/b7-5+/t19-,21?,22?,23?,24-,25+/m1/s1. The lowest BCUT2D eigenvalue weighted by molar-refractivity contribution is -0.0267. The molecule has 0 saturated heterocycles. The quantitative estimate of drug-likeness (QED) is 0.458. The van der Waals surface area contributed by atoms with Crippen molar-refractivity contribution in [2.45, 2.75) is 78.1 Å². The number of nitrogens with two attached hydrogens (primary N) is 1. The SMILES string of the molecule is C=C1CCC2C3CCC4=C[C@H](/C=C/CCCN)CC[C@]4(C)C3CC[C@]12C. The van der Waals surface area contributed by atoms with Crippen LogP contribution in [0.5, 0.6) is 0 Å². The van der Waals surface area contributed by atoms with Gasteiger partial charge >= 0.3 is 0 Å². The maximum atomic E-state index is 5.62. The van der Waals surface area contributed by atoms with Crippen molar-refractivity contribution < 1.29 is 0 Å². The summed E-state index contributed by atoms with van der Waals surface area (Å²) in [5, 5.41) is 0. The van der Waals surface area contributed by atoms with E-state index in [1.807, 2.05) is 0 Å². The summed E-state index contributed by atoms with van der Waals surface area (Å²) in [6.45, 7) is 10.4. The van der Waals surface area contributed by atoms with Crippen LogP contribution in [-0.2, 0) is 0 Å². The minimum Gasteiger partial charge on any atom is -0.330 e. The van der Waals surface area contributed by atoms with Gasteiger partial charge in [0, 0.05) is 0 Å². The molecule has 0 spiro atoms. The van der Waals surface area contributed by atoms with Gasteiger partial charge in [0.2, 0.25) is 0 Å². The molecule has 144 valence electrons. The highest BCUT2D eigenvalue weighted by Gasteiger charge is 2.56. The Morgan fingerprint density at radius 1 is 1.08 bits per heavy atom. The van der Waals surface area contributed by atoms with Gasteiger partial charge in [0.1, 0.15) is 0 Å². The average molecular weight is 354 g/mol. The molecule has 3 fully saturated rings. The Kier molecular flexibility index (Phi) is 4.97. The third kappa shape index (κ3) is 2.86. The van der Waals surface area contributed by atoms with Crippen molar-refractivity contribution in [2.75, 3.05) is 6.54 Å². The highest BCUT2D eigenvalue weighted by Crippen LogP contribution is 2.66. The molecule has 4 aliphatic rings. The van der Waals surface area contributed by atoms with Gasteiger partial charge in [-0.2, -0.15) is 0 Å². The second-order valence-electron chi connectivity index (χ2n) is 10.2. The summed E-state index contributed by atoms with van der Waals surface area (Å²) >= 11 is 0. The van der Waals surface area contributed by atoms with Crippen LogP contribution in [0.15, 0.2) is 36.0 Å². The van der Waals surface area contributed by atoms with E-state index in [-0.39, 0.29) is 0 Å². The molecule has 0 aromatic carbocycles. The number of hydrogen-bond donors (Lipinski definition) is 1. The van der Waals surface area contributed by atoms with Gasteiger partial charge in [-0.25, -0.2) is 0 Å². The maximum Gasteiger partial charge on any atom is -0.00503 e. The van der Waals surface area contributed by atoms with E-state index in [1.54, 1.807) is 11.1 Å². The van der Waals surface area contributed by atoms with Crippen molar-refractivity contribution in [3.05, 3.63) is 36.0 Å². The van der Waals surface area contributed by atoms with Crippen LogP contribution in [-0.4, -0.2) is 6.54 Å². The van der Waals surface area contributed by atoms with Crippen molar-refractivity contribution >= 4 is 0 Å². The van der Waals surface area contributed by atoms with Crippen LogP contribution >= 0.6 is 0 Å². The van der Waals surface area contributed by atoms with Crippen LogP contribution in [0, 0.1) is 34.5 Å². The van der Waals surface area contributed by atoms with E-state index in [9.17, 15) is 0 Å². The first kappa shape index (κ1) is 18.5. The fraction of sp³-hybridized carbons (Fsp3) is 0.760. The third-order valence-electron chi connectivity index (χ3n) is 9.06. The Balaban J connectivity index is 1.52. The minimum absolute atomic E-state index is 0.460. The summed E-state index contributed by atoms with van der Waals surface area (Å²) in [6, 6.07) is 0. The molecular weight excluding hydrogens is 314 g/mol. The zero-order valence-corrected chi connectivity index (χ0v) is 17.1. The lowest BCUT2D eigenvalue weighted by Gasteiger charge is -2.58. The topological polar surface area (TPSA) is 26.0 Å². The molecule has 26 heavy (non-hydrogen) atoms. The molecular formula is C25H39N. The lowest BCUT2D eigenvalue weighted by atomic mass is 9.47. The lowest BCUT2D eigenvalue weighted by Crippen LogP contribution is -2.49. The van der Waals surface area contributed by atoms with Crippen molar-refractivity contribution in [2.24, 2.45) is 40.2 Å². The van der Waals surface area contributed by atoms with Crippen LogP contribution in [0.1, 0.15) is 78.1 Å². The summed E-state index contributed by atoms with van der Waals surface area (Å²) in [4.78, 5) is 0. The minimum atomic E-state index is 0.460. The molecule has 0 aromatic heterocycles. The molecule has 2 N–H and O–H groups in total. The fourth-order valence-electron chi connectivity index (χ4n) is 7.32. The predicted molar refractivity (Wildman–Crippen MR) is 112 cm³/mol. The summed E-state index contributed by atoms with van der Waals surface area (Å²) < 4.78 is 0. The van der Waals surface area contributed by atoms with E-state index >= 15 is 0 Å².